The van der Waals surface area contributed by atoms with Crippen molar-refractivity contribution < 1.29 is 9.90 Å². The SMILES string of the molecule is CC(C)(CC(=O)O)c1ccccc1SC1CCC1. The van der Waals surface area contributed by atoms with Crippen molar-refractivity contribution in [3.63, 3.8) is 0 Å². The highest BCUT2D eigenvalue weighted by Gasteiger charge is 2.28. The van der Waals surface area contributed by atoms with Crippen LogP contribution in [0, 0.1) is 0 Å². The summed E-state index contributed by atoms with van der Waals surface area (Å²) in [5.74, 6) is -0.733. The molecule has 0 saturated heterocycles. The third kappa shape index (κ3) is 3.08. The van der Waals surface area contributed by atoms with Crippen LogP contribution in [0.4, 0.5) is 0 Å². The highest BCUT2D eigenvalue weighted by molar-refractivity contribution is 8.00. The van der Waals surface area contributed by atoms with E-state index in [0.29, 0.717) is 0 Å². The third-order valence-electron chi connectivity index (χ3n) is 3.56. The molecule has 0 atom stereocenters. The predicted molar refractivity (Wildman–Crippen MR) is 75.2 cm³/mol. The summed E-state index contributed by atoms with van der Waals surface area (Å²) in [4.78, 5) is 12.2. The smallest absolute Gasteiger partial charge is 0.304 e. The van der Waals surface area contributed by atoms with E-state index in [1.165, 1.54) is 29.7 Å². The number of hydrogen-bond acceptors (Lipinski definition) is 2. The molecule has 1 aromatic carbocycles. The second-order valence-corrected chi connectivity index (χ2v) is 6.96. The van der Waals surface area contributed by atoms with Crippen LogP contribution in [-0.4, -0.2) is 16.3 Å². The van der Waals surface area contributed by atoms with Crippen molar-refractivity contribution in [1.29, 1.82) is 0 Å². The number of carboxylic acid groups (broad SMARTS) is 1. The maximum Gasteiger partial charge on any atom is 0.304 e. The summed E-state index contributed by atoms with van der Waals surface area (Å²) in [6.45, 7) is 4.03. The van der Waals surface area contributed by atoms with E-state index >= 15 is 0 Å². The van der Waals surface area contributed by atoms with Gasteiger partial charge < -0.3 is 5.11 Å². The molecule has 2 rings (SSSR count). The zero-order valence-corrected chi connectivity index (χ0v) is 11.8. The largest absolute Gasteiger partial charge is 0.481 e. The number of carbonyl (C=O) groups is 1. The van der Waals surface area contributed by atoms with E-state index in [4.69, 9.17) is 5.11 Å². The molecule has 0 bridgehead atoms. The van der Waals surface area contributed by atoms with Gasteiger partial charge in [0.2, 0.25) is 0 Å². The summed E-state index contributed by atoms with van der Waals surface area (Å²) in [7, 11) is 0. The number of thioether (sulfide) groups is 1. The van der Waals surface area contributed by atoms with E-state index in [1.54, 1.807) is 0 Å². The molecular formula is C15H20O2S. The topological polar surface area (TPSA) is 37.3 Å². The van der Waals surface area contributed by atoms with Gasteiger partial charge in [0.25, 0.3) is 0 Å². The Balaban J connectivity index is 2.22. The highest BCUT2D eigenvalue weighted by Crippen LogP contribution is 2.41. The predicted octanol–water partition coefficient (Wildman–Crippen LogP) is 4.08. The van der Waals surface area contributed by atoms with Gasteiger partial charge in [-0.05, 0) is 24.5 Å². The zero-order valence-electron chi connectivity index (χ0n) is 11.0. The molecule has 0 unspecified atom stereocenters. The average molecular weight is 264 g/mol. The normalized spacial score (nSPS) is 16.3. The maximum atomic E-state index is 11.0. The third-order valence-corrected chi connectivity index (χ3v) is 4.97. The molecule has 0 aliphatic heterocycles. The van der Waals surface area contributed by atoms with Gasteiger partial charge in [0, 0.05) is 15.6 Å². The van der Waals surface area contributed by atoms with Crippen molar-refractivity contribution in [2.24, 2.45) is 0 Å². The second kappa shape index (κ2) is 5.35. The van der Waals surface area contributed by atoms with Crippen LogP contribution in [0.5, 0.6) is 0 Å². The van der Waals surface area contributed by atoms with Gasteiger partial charge in [0.1, 0.15) is 0 Å². The standard InChI is InChI=1S/C15H20O2S/c1-15(2,10-14(16)17)12-8-3-4-9-13(12)18-11-6-5-7-11/h3-4,8-9,11H,5-7,10H2,1-2H3,(H,16,17). The van der Waals surface area contributed by atoms with Crippen LogP contribution in [0.2, 0.25) is 0 Å². The number of aliphatic carboxylic acids is 1. The van der Waals surface area contributed by atoms with Crippen molar-refractivity contribution in [2.75, 3.05) is 0 Å². The van der Waals surface area contributed by atoms with Crippen LogP contribution in [0.1, 0.15) is 45.1 Å². The Kier molecular flexibility index (Phi) is 4.00. The molecule has 3 heteroatoms. The van der Waals surface area contributed by atoms with Gasteiger partial charge in [-0.15, -0.1) is 11.8 Å². The molecule has 0 radical (unpaired) electrons. The zero-order chi connectivity index (χ0) is 13.2. The Morgan fingerprint density at radius 2 is 2.06 bits per heavy atom. The fourth-order valence-electron chi connectivity index (χ4n) is 2.27. The Morgan fingerprint density at radius 3 is 2.61 bits per heavy atom. The van der Waals surface area contributed by atoms with Crippen molar-refractivity contribution in [3.05, 3.63) is 29.8 Å². The van der Waals surface area contributed by atoms with E-state index in [2.05, 4.69) is 12.1 Å². The molecule has 1 aliphatic carbocycles. The van der Waals surface area contributed by atoms with Crippen LogP contribution in [0.15, 0.2) is 29.2 Å². The molecule has 1 aliphatic rings. The highest BCUT2D eigenvalue weighted by atomic mass is 32.2. The minimum atomic E-state index is -0.733. The fourth-order valence-corrected chi connectivity index (χ4v) is 3.83. The van der Waals surface area contributed by atoms with E-state index in [1.807, 2.05) is 37.7 Å². The molecule has 1 aromatic rings. The summed E-state index contributed by atoms with van der Waals surface area (Å²) >= 11 is 1.92. The first-order valence-electron chi connectivity index (χ1n) is 6.47. The molecule has 1 N–H and O–H groups in total. The number of benzene rings is 1. The van der Waals surface area contributed by atoms with E-state index in [0.717, 1.165) is 5.25 Å². The van der Waals surface area contributed by atoms with Crippen molar-refractivity contribution in [2.45, 2.75) is 55.1 Å². The van der Waals surface area contributed by atoms with Gasteiger partial charge in [-0.1, -0.05) is 38.5 Å². The maximum absolute atomic E-state index is 11.0. The van der Waals surface area contributed by atoms with Gasteiger partial charge in [0.15, 0.2) is 0 Å². The van der Waals surface area contributed by atoms with Gasteiger partial charge in [-0.2, -0.15) is 0 Å². The van der Waals surface area contributed by atoms with Gasteiger partial charge in [-0.25, -0.2) is 0 Å². The van der Waals surface area contributed by atoms with Gasteiger partial charge >= 0.3 is 5.97 Å². The molecule has 0 heterocycles. The lowest BCUT2D eigenvalue weighted by Gasteiger charge is -2.30. The molecule has 0 amide bonds. The minimum Gasteiger partial charge on any atom is -0.481 e. The van der Waals surface area contributed by atoms with Crippen molar-refractivity contribution in [3.8, 4) is 0 Å². The lowest BCUT2D eigenvalue weighted by atomic mass is 9.81. The Hall–Kier alpha value is -0.960. The first-order valence-corrected chi connectivity index (χ1v) is 7.35. The lowest BCUT2D eigenvalue weighted by Crippen LogP contribution is -2.23. The van der Waals surface area contributed by atoms with Gasteiger partial charge in [0.05, 0.1) is 6.42 Å². The molecule has 1 fully saturated rings. The number of carboxylic acids is 1. The summed E-state index contributed by atoms with van der Waals surface area (Å²) in [6.07, 6.45) is 4.09. The van der Waals surface area contributed by atoms with E-state index in [-0.39, 0.29) is 11.8 Å². The van der Waals surface area contributed by atoms with Crippen LogP contribution >= 0.6 is 11.8 Å². The molecule has 1 saturated carbocycles. The molecule has 0 aromatic heterocycles. The second-order valence-electron chi connectivity index (χ2n) is 5.62. The molecule has 2 nitrogen and oxygen atoms in total. The van der Waals surface area contributed by atoms with Crippen molar-refractivity contribution >= 4 is 17.7 Å². The Bertz CT molecular complexity index is 436. The molecular weight excluding hydrogens is 244 g/mol. The van der Waals surface area contributed by atoms with E-state index < -0.39 is 5.97 Å². The first-order chi connectivity index (χ1) is 8.49. The summed E-state index contributed by atoms with van der Waals surface area (Å²) < 4.78 is 0. The fraction of sp³-hybridized carbons (Fsp3) is 0.533. The van der Waals surface area contributed by atoms with Gasteiger partial charge in [-0.3, -0.25) is 4.79 Å². The molecule has 18 heavy (non-hydrogen) atoms. The Labute approximate surface area is 113 Å². The summed E-state index contributed by atoms with van der Waals surface area (Å²) in [6, 6.07) is 8.25. The Morgan fingerprint density at radius 1 is 1.39 bits per heavy atom. The molecule has 98 valence electrons. The number of rotatable bonds is 5. The molecule has 0 spiro atoms. The first kappa shape index (κ1) is 13.5. The monoisotopic (exact) mass is 264 g/mol. The lowest BCUT2D eigenvalue weighted by molar-refractivity contribution is -0.138. The van der Waals surface area contributed by atoms with Crippen LogP contribution in [-0.2, 0) is 10.2 Å². The van der Waals surface area contributed by atoms with Crippen LogP contribution in [0.25, 0.3) is 0 Å². The van der Waals surface area contributed by atoms with Crippen LogP contribution < -0.4 is 0 Å². The average Bonchev–Trinajstić information content (AvgIpc) is 2.22. The quantitative estimate of drug-likeness (QED) is 0.870. The van der Waals surface area contributed by atoms with Crippen LogP contribution in [0.3, 0.4) is 0 Å². The minimum absolute atomic E-state index is 0.176. The summed E-state index contributed by atoms with van der Waals surface area (Å²) in [5.41, 5.74) is 0.864. The van der Waals surface area contributed by atoms with Crippen molar-refractivity contribution in [1.82, 2.24) is 0 Å². The number of hydrogen-bond donors (Lipinski definition) is 1. The summed E-state index contributed by atoms with van der Waals surface area (Å²) in [5, 5.41) is 9.76. The van der Waals surface area contributed by atoms with E-state index in [9.17, 15) is 4.79 Å².